The zero-order valence-electron chi connectivity index (χ0n) is 19.2. The second kappa shape index (κ2) is 13.2. The quantitative estimate of drug-likeness (QED) is 0.128. The lowest BCUT2D eigenvalue weighted by Crippen LogP contribution is -2.39. The molecular weight excluding hydrogens is 511 g/mol. The van der Waals surface area contributed by atoms with E-state index in [2.05, 4.69) is 21.3 Å². The lowest BCUT2D eigenvalue weighted by molar-refractivity contribution is -0.143. The zero-order chi connectivity index (χ0) is 26.8. The maximum absolute atomic E-state index is 12.7. The zero-order valence-corrected chi connectivity index (χ0v) is 20.7. The molecule has 36 heavy (non-hydrogen) atoms. The molecule has 0 aliphatic rings. The number of guanidine groups is 2. The topological polar surface area (TPSA) is 208 Å². The maximum atomic E-state index is 12.7. The van der Waals surface area contributed by atoms with Gasteiger partial charge in [-0.2, -0.15) is 0 Å². The van der Waals surface area contributed by atoms with Gasteiger partial charge in [0.2, 0.25) is 5.91 Å². The second-order valence-electron chi connectivity index (χ2n) is 7.39. The monoisotopic (exact) mass is 536 g/mol. The predicted molar refractivity (Wildman–Crippen MR) is 138 cm³/mol. The number of nitrogens with two attached hydrogens (primary N) is 2. The lowest BCUT2D eigenvalue weighted by atomic mass is 10.0. The first-order valence-electron chi connectivity index (χ1n) is 10.5. The Morgan fingerprint density at radius 3 is 2.00 bits per heavy atom. The fourth-order valence-corrected chi connectivity index (χ4v) is 3.68. The predicted octanol–water partition coefficient (Wildman–Crippen LogP) is 2.14. The molecule has 2 amide bonds. The molecule has 2 rings (SSSR count). The number of esters is 1. The molecular formula is C22H26Cl2N8O4. The van der Waals surface area contributed by atoms with Gasteiger partial charge in [-0.3, -0.25) is 25.2 Å². The summed E-state index contributed by atoms with van der Waals surface area (Å²) in [4.78, 5) is 37.4. The van der Waals surface area contributed by atoms with Crippen molar-refractivity contribution in [1.29, 1.82) is 10.8 Å². The third-order valence-corrected chi connectivity index (χ3v) is 4.90. The summed E-state index contributed by atoms with van der Waals surface area (Å²) in [6.07, 6.45) is -0.178. The minimum absolute atomic E-state index is 0.0995. The van der Waals surface area contributed by atoms with Crippen LogP contribution in [0, 0.1) is 10.8 Å². The molecule has 14 heteroatoms. The first-order valence-corrected chi connectivity index (χ1v) is 11.3. The van der Waals surface area contributed by atoms with E-state index in [1.54, 1.807) is 19.1 Å². The number of halogens is 2. The molecule has 0 spiro atoms. The molecule has 1 atom stereocenters. The van der Waals surface area contributed by atoms with Crippen LogP contribution in [0.4, 0.5) is 11.4 Å². The van der Waals surface area contributed by atoms with E-state index in [0.717, 1.165) is 0 Å². The van der Waals surface area contributed by atoms with Crippen molar-refractivity contribution in [1.82, 2.24) is 10.6 Å². The smallest absolute Gasteiger partial charge is 0.308 e. The van der Waals surface area contributed by atoms with E-state index in [4.69, 9.17) is 50.2 Å². The SMILES string of the molecule is CCOC(=O)CC(NC(=O)CNC(=O)c1cc(NC(=N)N)cc(NC(=N)N)c1)c1cc(Cl)cc(Cl)c1. The third-order valence-electron chi connectivity index (χ3n) is 4.46. The normalized spacial score (nSPS) is 11.1. The molecule has 0 saturated carbocycles. The van der Waals surface area contributed by atoms with Crippen LogP contribution in [0.2, 0.25) is 10.0 Å². The number of rotatable bonds is 10. The number of ether oxygens (including phenoxy) is 1. The van der Waals surface area contributed by atoms with Crippen LogP contribution in [0.5, 0.6) is 0 Å². The van der Waals surface area contributed by atoms with Crippen LogP contribution in [0.25, 0.3) is 0 Å². The van der Waals surface area contributed by atoms with Gasteiger partial charge in [-0.25, -0.2) is 0 Å². The van der Waals surface area contributed by atoms with Crippen molar-refractivity contribution in [2.75, 3.05) is 23.8 Å². The molecule has 12 nitrogen and oxygen atoms in total. The molecule has 0 heterocycles. The Hall–Kier alpha value is -4.03. The van der Waals surface area contributed by atoms with Crippen LogP contribution in [-0.4, -0.2) is 42.9 Å². The summed E-state index contributed by atoms with van der Waals surface area (Å²) in [6, 6.07) is 8.12. The first-order chi connectivity index (χ1) is 17.0. The van der Waals surface area contributed by atoms with Gasteiger partial charge in [0.1, 0.15) is 0 Å². The van der Waals surface area contributed by atoms with Gasteiger partial charge in [0.05, 0.1) is 25.6 Å². The van der Waals surface area contributed by atoms with Crippen molar-refractivity contribution < 1.29 is 19.1 Å². The van der Waals surface area contributed by atoms with E-state index in [-0.39, 0.29) is 41.9 Å². The molecule has 192 valence electrons. The molecule has 0 saturated heterocycles. The molecule has 0 radical (unpaired) electrons. The van der Waals surface area contributed by atoms with E-state index in [0.29, 0.717) is 15.6 Å². The Bertz CT molecular complexity index is 1120. The summed E-state index contributed by atoms with van der Waals surface area (Å²) >= 11 is 12.1. The molecule has 0 aliphatic heterocycles. The number of carbonyl (C=O) groups excluding carboxylic acids is 3. The highest BCUT2D eigenvalue weighted by molar-refractivity contribution is 6.34. The maximum Gasteiger partial charge on any atom is 0.308 e. The standard InChI is InChI=1S/C22H26Cl2N8O4/c1-2-36-19(34)9-17(11-3-13(23)7-14(24)4-11)32-18(33)10-29-20(35)12-5-15(30-21(25)26)8-16(6-12)31-22(27)28/h3-8,17H,2,9-10H2,1H3,(H,29,35)(H,32,33)(H4,25,26,30)(H4,27,28,31). The van der Waals surface area contributed by atoms with Crippen molar-refractivity contribution in [3.8, 4) is 0 Å². The molecule has 0 aliphatic carbocycles. The molecule has 0 aromatic heterocycles. The lowest BCUT2D eigenvalue weighted by Gasteiger charge is -2.19. The number of carbonyl (C=O) groups is 3. The number of hydrogen-bond acceptors (Lipinski definition) is 6. The van der Waals surface area contributed by atoms with Gasteiger partial charge >= 0.3 is 5.97 Å². The summed E-state index contributed by atoms with van der Waals surface area (Å²) in [5.41, 5.74) is 11.9. The minimum Gasteiger partial charge on any atom is -0.466 e. The van der Waals surface area contributed by atoms with Gasteiger partial charge in [-0.15, -0.1) is 0 Å². The Morgan fingerprint density at radius 2 is 1.50 bits per heavy atom. The van der Waals surface area contributed by atoms with E-state index in [1.165, 1.54) is 24.3 Å². The van der Waals surface area contributed by atoms with Crippen LogP contribution < -0.4 is 32.7 Å². The van der Waals surface area contributed by atoms with Gasteiger partial charge in [0, 0.05) is 27.0 Å². The van der Waals surface area contributed by atoms with Crippen LogP contribution in [0.3, 0.4) is 0 Å². The molecule has 0 bridgehead atoms. The number of amides is 2. The first kappa shape index (κ1) is 28.2. The third kappa shape index (κ3) is 9.31. The number of benzene rings is 2. The number of hydrogen-bond donors (Lipinski definition) is 8. The Morgan fingerprint density at radius 1 is 0.944 bits per heavy atom. The Kier molecular flexibility index (Phi) is 10.3. The van der Waals surface area contributed by atoms with Crippen molar-refractivity contribution in [3.63, 3.8) is 0 Å². The largest absolute Gasteiger partial charge is 0.466 e. The van der Waals surface area contributed by atoms with E-state index in [9.17, 15) is 14.4 Å². The Labute approximate surface area is 217 Å². The second-order valence-corrected chi connectivity index (χ2v) is 8.26. The fourth-order valence-electron chi connectivity index (χ4n) is 3.14. The van der Waals surface area contributed by atoms with Crippen molar-refractivity contribution in [2.24, 2.45) is 11.5 Å². The van der Waals surface area contributed by atoms with Crippen molar-refractivity contribution in [3.05, 3.63) is 57.6 Å². The van der Waals surface area contributed by atoms with Crippen LogP contribution >= 0.6 is 23.2 Å². The molecule has 2 aromatic rings. The summed E-state index contributed by atoms with van der Waals surface area (Å²) in [6.45, 7) is 1.41. The van der Waals surface area contributed by atoms with E-state index in [1.807, 2.05) is 0 Å². The summed E-state index contributed by atoms with van der Waals surface area (Å²) < 4.78 is 4.98. The fraction of sp³-hybridized carbons (Fsp3) is 0.227. The average molecular weight is 537 g/mol. The minimum atomic E-state index is -0.806. The number of anilines is 2. The van der Waals surface area contributed by atoms with E-state index < -0.39 is 30.4 Å². The van der Waals surface area contributed by atoms with Crippen molar-refractivity contribution in [2.45, 2.75) is 19.4 Å². The highest BCUT2D eigenvalue weighted by atomic mass is 35.5. The average Bonchev–Trinajstić information content (AvgIpc) is 2.75. The summed E-state index contributed by atoms with van der Waals surface area (Å²) in [7, 11) is 0. The molecule has 10 N–H and O–H groups in total. The highest BCUT2D eigenvalue weighted by Crippen LogP contribution is 2.26. The molecule has 1 unspecified atom stereocenters. The van der Waals surface area contributed by atoms with Crippen LogP contribution in [0.1, 0.15) is 35.3 Å². The van der Waals surface area contributed by atoms with Gasteiger partial charge < -0.3 is 37.5 Å². The van der Waals surface area contributed by atoms with Gasteiger partial charge in [0.25, 0.3) is 5.91 Å². The van der Waals surface area contributed by atoms with E-state index >= 15 is 0 Å². The molecule has 2 aromatic carbocycles. The number of nitrogens with one attached hydrogen (secondary N) is 6. The van der Waals surface area contributed by atoms with Gasteiger partial charge in [-0.1, -0.05) is 23.2 Å². The highest BCUT2D eigenvalue weighted by Gasteiger charge is 2.21. The van der Waals surface area contributed by atoms with Gasteiger partial charge in [0.15, 0.2) is 11.9 Å². The van der Waals surface area contributed by atoms with Crippen LogP contribution in [-0.2, 0) is 14.3 Å². The van der Waals surface area contributed by atoms with Gasteiger partial charge in [-0.05, 0) is 48.9 Å². The summed E-state index contributed by atoms with van der Waals surface area (Å²) in [5, 5.41) is 25.6. The van der Waals surface area contributed by atoms with Crippen molar-refractivity contribution >= 4 is 64.3 Å². The Balaban J connectivity index is 2.14. The summed E-state index contributed by atoms with van der Waals surface area (Å²) in [5.74, 6) is -2.49. The molecule has 0 fully saturated rings. The van der Waals surface area contributed by atoms with Crippen LogP contribution in [0.15, 0.2) is 36.4 Å².